The molecule has 2 rings (SSSR count). The Hall–Kier alpha value is -1.28. The third-order valence-electron chi connectivity index (χ3n) is 1.90. The highest BCUT2D eigenvalue weighted by atomic mass is 35.5. The molecule has 2 aromatic rings. The molecule has 1 aromatic carbocycles. The minimum Gasteiger partial charge on any atom is -0.481 e. The predicted octanol–water partition coefficient (Wildman–Crippen LogP) is 2.90. The van der Waals surface area contributed by atoms with Gasteiger partial charge in [0.05, 0.1) is 7.11 Å². The Balaban J connectivity index is 2.72. The van der Waals surface area contributed by atoms with Crippen LogP contribution in [0.1, 0.15) is 0 Å². The molecule has 2 nitrogen and oxygen atoms in total. The maximum absolute atomic E-state index is 5.97. The Kier molecular flexibility index (Phi) is 2.07. The van der Waals surface area contributed by atoms with Crippen molar-refractivity contribution >= 4 is 22.4 Å². The van der Waals surface area contributed by atoms with Crippen LogP contribution in [0.25, 0.3) is 10.8 Å². The summed E-state index contributed by atoms with van der Waals surface area (Å²) in [6.45, 7) is 0. The highest BCUT2D eigenvalue weighted by molar-refractivity contribution is 6.35. The number of rotatable bonds is 1. The van der Waals surface area contributed by atoms with Crippen LogP contribution in [0.15, 0.2) is 30.5 Å². The molecule has 0 N–H and O–H groups in total. The minimum absolute atomic E-state index is 0.606. The third-order valence-corrected chi connectivity index (χ3v) is 2.23. The molecule has 0 spiro atoms. The topological polar surface area (TPSA) is 22.1 Å². The van der Waals surface area contributed by atoms with Crippen molar-refractivity contribution in [1.29, 1.82) is 0 Å². The number of benzene rings is 1. The number of pyridine rings is 1. The van der Waals surface area contributed by atoms with Gasteiger partial charge in [0.1, 0.15) is 0 Å². The Morgan fingerprint density at radius 3 is 3.00 bits per heavy atom. The van der Waals surface area contributed by atoms with Crippen LogP contribution in [0.2, 0.25) is 5.02 Å². The number of hydrogen-bond donors (Lipinski definition) is 0. The molecule has 0 saturated carbocycles. The third kappa shape index (κ3) is 1.45. The Morgan fingerprint density at radius 1 is 1.38 bits per heavy atom. The first-order chi connectivity index (χ1) is 6.31. The van der Waals surface area contributed by atoms with Crippen molar-refractivity contribution in [3.8, 4) is 5.88 Å². The first kappa shape index (κ1) is 8.32. The highest BCUT2D eigenvalue weighted by Crippen LogP contribution is 2.24. The monoisotopic (exact) mass is 193 g/mol. The average molecular weight is 194 g/mol. The maximum atomic E-state index is 5.97. The predicted molar refractivity (Wildman–Crippen MR) is 53.3 cm³/mol. The number of nitrogens with zero attached hydrogens (tertiary/aromatic N) is 1. The van der Waals surface area contributed by atoms with Crippen molar-refractivity contribution in [3.63, 3.8) is 0 Å². The molecule has 0 atom stereocenters. The van der Waals surface area contributed by atoms with Gasteiger partial charge in [0, 0.05) is 22.7 Å². The van der Waals surface area contributed by atoms with E-state index in [1.165, 1.54) is 0 Å². The van der Waals surface area contributed by atoms with Gasteiger partial charge in [0.25, 0.3) is 0 Å². The van der Waals surface area contributed by atoms with Gasteiger partial charge in [0.15, 0.2) is 0 Å². The van der Waals surface area contributed by atoms with Crippen molar-refractivity contribution in [1.82, 2.24) is 4.98 Å². The van der Waals surface area contributed by atoms with Gasteiger partial charge in [-0.1, -0.05) is 23.7 Å². The van der Waals surface area contributed by atoms with Gasteiger partial charge >= 0.3 is 0 Å². The zero-order valence-corrected chi connectivity index (χ0v) is 7.88. The fourth-order valence-electron chi connectivity index (χ4n) is 1.23. The summed E-state index contributed by atoms with van der Waals surface area (Å²) in [5.41, 5.74) is 0. The maximum Gasteiger partial charge on any atom is 0.213 e. The van der Waals surface area contributed by atoms with Crippen LogP contribution in [0.5, 0.6) is 5.88 Å². The normalized spacial score (nSPS) is 10.3. The van der Waals surface area contributed by atoms with Crippen molar-refractivity contribution in [2.24, 2.45) is 0 Å². The average Bonchev–Trinajstić information content (AvgIpc) is 2.18. The molecule has 0 aliphatic heterocycles. The lowest BCUT2D eigenvalue weighted by molar-refractivity contribution is 0.399. The molecule has 1 aromatic heterocycles. The lowest BCUT2D eigenvalue weighted by Crippen LogP contribution is -1.86. The number of aromatic nitrogens is 1. The Bertz CT molecular complexity index is 442. The van der Waals surface area contributed by atoms with E-state index < -0.39 is 0 Å². The van der Waals surface area contributed by atoms with Gasteiger partial charge in [-0.2, -0.15) is 0 Å². The van der Waals surface area contributed by atoms with E-state index in [1.54, 1.807) is 13.3 Å². The fraction of sp³-hybridized carbons (Fsp3) is 0.100. The summed E-state index contributed by atoms with van der Waals surface area (Å²) in [5.74, 6) is 0.606. The van der Waals surface area contributed by atoms with E-state index in [4.69, 9.17) is 16.3 Å². The van der Waals surface area contributed by atoms with E-state index in [0.29, 0.717) is 10.9 Å². The number of methoxy groups -OCH3 is 1. The van der Waals surface area contributed by atoms with E-state index in [2.05, 4.69) is 4.98 Å². The first-order valence-corrected chi connectivity index (χ1v) is 4.27. The molecule has 0 bridgehead atoms. The molecule has 66 valence electrons. The summed E-state index contributed by atoms with van der Waals surface area (Å²) in [6.07, 6.45) is 1.72. The van der Waals surface area contributed by atoms with Gasteiger partial charge in [0.2, 0.25) is 5.88 Å². The van der Waals surface area contributed by atoms with Crippen molar-refractivity contribution in [2.75, 3.05) is 7.11 Å². The molecule has 0 aliphatic rings. The van der Waals surface area contributed by atoms with Crippen LogP contribution in [0.4, 0.5) is 0 Å². The van der Waals surface area contributed by atoms with Gasteiger partial charge in [-0.25, -0.2) is 4.98 Å². The SMILES string of the molecule is COc1cc2cccc(Cl)c2cn1. The highest BCUT2D eigenvalue weighted by Gasteiger charge is 2.00. The van der Waals surface area contributed by atoms with Crippen LogP contribution >= 0.6 is 11.6 Å². The first-order valence-electron chi connectivity index (χ1n) is 3.89. The lowest BCUT2D eigenvalue weighted by atomic mass is 10.2. The summed E-state index contributed by atoms with van der Waals surface area (Å²) in [4.78, 5) is 4.08. The summed E-state index contributed by atoms with van der Waals surface area (Å²) >= 11 is 5.97. The molecule has 13 heavy (non-hydrogen) atoms. The molecular weight excluding hydrogens is 186 g/mol. The Labute approximate surface area is 81.1 Å². The summed E-state index contributed by atoms with van der Waals surface area (Å²) in [5, 5.41) is 2.71. The minimum atomic E-state index is 0.606. The molecule has 3 heteroatoms. The van der Waals surface area contributed by atoms with Gasteiger partial charge in [-0.15, -0.1) is 0 Å². The molecule has 0 aliphatic carbocycles. The van der Waals surface area contributed by atoms with E-state index >= 15 is 0 Å². The van der Waals surface area contributed by atoms with E-state index in [9.17, 15) is 0 Å². The van der Waals surface area contributed by atoms with E-state index in [-0.39, 0.29) is 0 Å². The molecular formula is C10H8ClNO. The van der Waals surface area contributed by atoms with Crippen molar-refractivity contribution < 1.29 is 4.74 Å². The summed E-state index contributed by atoms with van der Waals surface area (Å²) in [7, 11) is 1.60. The lowest BCUT2D eigenvalue weighted by Gasteiger charge is -2.01. The zero-order valence-electron chi connectivity index (χ0n) is 7.12. The van der Waals surface area contributed by atoms with Crippen LogP contribution in [0.3, 0.4) is 0 Å². The largest absolute Gasteiger partial charge is 0.481 e. The summed E-state index contributed by atoms with van der Waals surface area (Å²) in [6, 6.07) is 7.59. The van der Waals surface area contributed by atoms with E-state index in [0.717, 1.165) is 10.8 Å². The second-order valence-corrected chi connectivity index (χ2v) is 3.09. The number of halogens is 1. The van der Waals surface area contributed by atoms with Crippen LogP contribution in [-0.4, -0.2) is 12.1 Å². The summed E-state index contributed by atoms with van der Waals surface area (Å²) < 4.78 is 5.01. The van der Waals surface area contributed by atoms with Crippen molar-refractivity contribution in [2.45, 2.75) is 0 Å². The second kappa shape index (κ2) is 3.23. The number of hydrogen-bond acceptors (Lipinski definition) is 2. The van der Waals surface area contributed by atoms with E-state index in [1.807, 2.05) is 24.3 Å². The number of ether oxygens (including phenoxy) is 1. The standard InChI is InChI=1S/C10H8ClNO/c1-13-10-5-7-3-2-4-9(11)8(7)6-12-10/h2-6H,1H3. The van der Waals surface area contributed by atoms with Gasteiger partial charge < -0.3 is 4.74 Å². The molecule has 0 saturated heterocycles. The fourth-order valence-corrected chi connectivity index (χ4v) is 1.46. The van der Waals surface area contributed by atoms with Crippen LogP contribution < -0.4 is 4.74 Å². The molecule has 1 heterocycles. The second-order valence-electron chi connectivity index (χ2n) is 2.69. The molecule has 0 amide bonds. The van der Waals surface area contributed by atoms with Gasteiger partial charge in [-0.3, -0.25) is 0 Å². The molecule has 0 unspecified atom stereocenters. The number of fused-ring (bicyclic) bond motifs is 1. The smallest absolute Gasteiger partial charge is 0.213 e. The Morgan fingerprint density at radius 2 is 2.23 bits per heavy atom. The van der Waals surface area contributed by atoms with Crippen LogP contribution in [-0.2, 0) is 0 Å². The van der Waals surface area contributed by atoms with Crippen LogP contribution in [0, 0.1) is 0 Å². The molecule has 0 radical (unpaired) electrons. The van der Waals surface area contributed by atoms with Crippen molar-refractivity contribution in [3.05, 3.63) is 35.5 Å². The zero-order chi connectivity index (χ0) is 9.26. The quantitative estimate of drug-likeness (QED) is 0.695. The molecule has 0 fully saturated rings. The van der Waals surface area contributed by atoms with Gasteiger partial charge in [-0.05, 0) is 11.5 Å².